The Kier molecular flexibility index (Phi) is 7.06. The van der Waals surface area contributed by atoms with E-state index in [1.54, 1.807) is 42.5 Å². The van der Waals surface area contributed by atoms with E-state index in [1.165, 1.54) is 11.2 Å². The molecule has 1 fully saturated rings. The van der Waals surface area contributed by atoms with Crippen LogP contribution in [-0.4, -0.2) is 60.4 Å². The van der Waals surface area contributed by atoms with Crippen LogP contribution in [0.25, 0.3) is 10.9 Å². The molecule has 12 heteroatoms. The molecule has 0 aliphatic carbocycles. The van der Waals surface area contributed by atoms with Gasteiger partial charge in [-0.25, -0.2) is 14.7 Å². The van der Waals surface area contributed by atoms with Gasteiger partial charge in [-0.3, -0.25) is 4.79 Å². The van der Waals surface area contributed by atoms with Crippen molar-refractivity contribution in [2.45, 2.75) is 42.4 Å². The van der Waals surface area contributed by atoms with Crippen molar-refractivity contribution in [1.29, 1.82) is 0 Å². The van der Waals surface area contributed by atoms with E-state index in [0.29, 0.717) is 27.0 Å². The van der Waals surface area contributed by atoms with Gasteiger partial charge in [0.05, 0.1) is 16.7 Å². The maximum Gasteiger partial charge on any atom is 0.389 e. The van der Waals surface area contributed by atoms with Crippen LogP contribution in [0.4, 0.5) is 18.9 Å². The van der Waals surface area contributed by atoms with Crippen molar-refractivity contribution < 1.29 is 32.7 Å². The van der Waals surface area contributed by atoms with Crippen molar-refractivity contribution in [3.63, 3.8) is 0 Å². The van der Waals surface area contributed by atoms with Gasteiger partial charge in [-0.15, -0.1) is 0 Å². The lowest BCUT2D eigenvalue weighted by Gasteiger charge is -2.38. The van der Waals surface area contributed by atoms with Crippen molar-refractivity contribution in [2.24, 2.45) is 0 Å². The molecule has 1 aliphatic rings. The number of hydrogen-bond acceptors (Lipinski definition) is 7. The number of carbonyl (C=O) groups is 1. The number of nitrogens with zero attached hydrogens (tertiary/aromatic N) is 3. The Morgan fingerprint density at radius 3 is 2.49 bits per heavy atom. The molecular formula is C23H23F3N4O4S. The van der Waals surface area contributed by atoms with Crippen LogP contribution < -0.4 is 4.72 Å². The molecule has 1 aliphatic heterocycles. The molecule has 186 valence electrons. The molecule has 0 bridgehead atoms. The summed E-state index contributed by atoms with van der Waals surface area (Å²) in [4.78, 5) is 22.5. The van der Waals surface area contributed by atoms with Gasteiger partial charge in [-0.1, -0.05) is 6.07 Å². The number of rotatable bonds is 6. The third-order valence-electron chi connectivity index (χ3n) is 6.00. The average Bonchev–Trinajstić information content (AvgIpc) is 2.83. The van der Waals surface area contributed by atoms with Crippen LogP contribution in [0.1, 0.15) is 36.0 Å². The second kappa shape index (κ2) is 9.88. The van der Waals surface area contributed by atoms with Crippen molar-refractivity contribution in [3.05, 3.63) is 54.4 Å². The fourth-order valence-corrected chi connectivity index (χ4v) is 4.97. The number of hydrogen-bond donors (Lipinski definition) is 3. The Labute approximate surface area is 202 Å². The van der Waals surface area contributed by atoms with Crippen LogP contribution in [0.2, 0.25) is 0 Å². The number of nitrogens with one attached hydrogen (secondary N) is 1. The van der Waals surface area contributed by atoms with Crippen molar-refractivity contribution in [2.75, 3.05) is 17.8 Å². The van der Waals surface area contributed by atoms with Gasteiger partial charge < -0.3 is 19.7 Å². The van der Waals surface area contributed by atoms with Crippen LogP contribution in [0.15, 0.2) is 53.7 Å². The maximum atomic E-state index is 12.9. The topological polar surface area (TPSA) is 122 Å². The molecule has 1 saturated heterocycles. The zero-order chi connectivity index (χ0) is 25.2. The molecule has 0 saturated carbocycles. The molecule has 0 spiro atoms. The van der Waals surface area contributed by atoms with E-state index in [1.807, 2.05) is 0 Å². The number of anilines is 1. The van der Waals surface area contributed by atoms with Gasteiger partial charge in [0, 0.05) is 25.1 Å². The SMILES string of the molecule is O=C(c1ccc(N[S+]([O-])c2cccc3c(O)ncnc23)cc1)N1CCC(O)(CCC(F)(F)F)CC1. The highest BCUT2D eigenvalue weighted by Gasteiger charge is 2.38. The Morgan fingerprint density at radius 2 is 1.83 bits per heavy atom. The van der Waals surface area contributed by atoms with Crippen LogP contribution in [0.5, 0.6) is 5.88 Å². The summed E-state index contributed by atoms with van der Waals surface area (Å²) in [5.41, 5.74) is -0.230. The van der Waals surface area contributed by atoms with E-state index < -0.39 is 29.6 Å². The third kappa shape index (κ3) is 5.95. The number of aromatic nitrogens is 2. The van der Waals surface area contributed by atoms with E-state index >= 15 is 0 Å². The highest BCUT2D eigenvalue weighted by molar-refractivity contribution is 7.93. The van der Waals surface area contributed by atoms with E-state index in [-0.39, 0.29) is 44.1 Å². The molecule has 4 rings (SSSR count). The first-order valence-electron chi connectivity index (χ1n) is 10.8. The molecular weight excluding hydrogens is 485 g/mol. The van der Waals surface area contributed by atoms with Gasteiger partial charge in [0.1, 0.15) is 23.2 Å². The number of para-hydroxylation sites is 1. The zero-order valence-corrected chi connectivity index (χ0v) is 19.3. The molecule has 3 N–H and O–H groups in total. The minimum Gasteiger partial charge on any atom is -0.588 e. The van der Waals surface area contributed by atoms with Crippen LogP contribution in [0.3, 0.4) is 0 Å². The summed E-state index contributed by atoms with van der Waals surface area (Å²) < 4.78 is 53.2. The summed E-state index contributed by atoms with van der Waals surface area (Å²) in [6, 6.07) is 11.2. The molecule has 0 radical (unpaired) electrons. The van der Waals surface area contributed by atoms with E-state index in [0.717, 1.165) is 0 Å². The number of alkyl halides is 3. The number of aliphatic hydroxyl groups is 1. The number of aromatic hydroxyl groups is 1. The van der Waals surface area contributed by atoms with Gasteiger partial charge in [-0.2, -0.15) is 13.2 Å². The number of benzene rings is 2. The third-order valence-corrected chi connectivity index (χ3v) is 7.15. The summed E-state index contributed by atoms with van der Waals surface area (Å²) in [5.74, 6) is -0.509. The normalized spacial score (nSPS) is 16.8. The Balaban J connectivity index is 1.37. The van der Waals surface area contributed by atoms with Gasteiger partial charge in [0.15, 0.2) is 0 Å². The van der Waals surface area contributed by atoms with Gasteiger partial charge in [0.25, 0.3) is 5.91 Å². The zero-order valence-electron chi connectivity index (χ0n) is 18.5. The summed E-state index contributed by atoms with van der Waals surface area (Å²) in [6.45, 7) is 0.319. The van der Waals surface area contributed by atoms with Crippen molar-refractivity contribution in [1.82, 2.24) is 14.9 Å². The van der Waals surface area contributed by atoms with Crippen molar-refractivity contribution >= 4 is 33.9 Å². The van der Waals surface area contributed by atoms with E-state index in [2.05, 4.69) is 14.7 Å². The Bertz CT molecular complexity index is 1200. The van der Waals surface area contributed by atoms with E-state index in [9.17, 15) is 32.7 Å². The fraction of sp³-hybridized carbons (Fsp3) is 0.348. The predicted molar refractivity (Wildman–Crippen MR) is 123 cm³/mol. The number of carbonyl (C=O) groups excluding carboxylic acids is 1. The lowest BCUT2D eigenvalue weighted by atomic mass is 9.86. The molecule has 1 amide bonds. The largest absolute Gasteiger partial charge is 0.588 e. The molecule has 1 atom stereocenters. The summed E-state index contributed by atoms with van der Waals surface area (Å²) in [7, 11) is 0. The minimum absolute atomic E-state index is 0.0809. The minimum atomic E-state index is -4.33. The Hall–Kier alpha value is -3.09. The number of piperidine rings is 1. The first-order valence-corrected chi connectivity index (χ1v) is 12.0. The number of likely N-dealkylation sites (tertiary alicyclic amines) is 1. The number of fused-ring (bicyclic) bond motifs is 1. The summed E-state index contributed by atoms with van der Waals surface area (Å²) in [5, 5.41) is 20.7. The van der Waals surface area contributed by atoms with Crippen LogP contribution >= 0.6 is 0 Å². The molecule has 35 heavy (non-hydrogen) atoms. The number of halogens is 3. The maximum absolute atomic E-state index is 12.9. The standard InChI is InChI=1S/C23H23F3N4O4S/c24-23(25,26)9-8-22(33)10-12-30(13-11-22)21(32)15-4-6-16(7-5-15)29-35(34)18-3-1-2-17-19(18)27-14-28-20(17)31/h1-7,14,29,33H,8-13H2,(H,27,28,31). The second-order valence-corrected chi connectivity index (χ2v) is 9.61. The van der Waals surface area contributed by atoms with Gasteiger partial charge >= 0.3 is 6.18 Å². The Morgan fingerprint density at radius 1 is 1.14 bits per heavy atom. The first-order chi connectivity index (χ1) is 16.5. The van der Waals surface area contributed by atoms with Crippen LogP contribution in [-0.2, 0) is 11.4 Å². The molecule has 1 aromatic heterocycles. The predicted octanol–water partition coefficient (Wildman–Crippen LogP) is 3.78. The number of amides is 1. The summed E-state index contributed by atoms with van der Waals surface area (Å²) >= 11 is -1.71. The molecule has 2 aromatic carbocycles. The van der Waals surface area contributed by atoms with Gasteiger partial charge in [0.2, 0.25) is 10.8 Å². The first kappa shape index (κ1) is 25.0. The van der Waals surface area contributed by atoms with E-state index in [4.69, 9.17) is 0 Å². The highest BCUT2D eigenvalue weighted by atomic mass is 32.2. The quantitative estimate of drug-likeness (QED) is 0.433. The van der Waals surface area contributed by atoms with Gasteiger partial charge in [-0.05, 0) is 55.7 Å². The summed E-state index contributed by atoms with van der Waals surface area (Å²) in [6.07, 6.45) is -4.42. The average molecular weight is 509 g/mol. The second-order valence-electron chi connectivity index (χ2n) is 8.43. The smallest absolute Gasteiger partial charge is 0.389 e. The molecule has 1 unspecified atom stereocenters. The molecule has 2 heterocycles. The molecule has 8 nitrogen and oxygen atoms in total. The van der Waals surface area contributed by atoms with Crippen molar-refractivity contribution in [3.8, 4) is 5.88 Å². The monoisotopic (exact) mass is 508 g/mol. The van der Waals surface area contributed by atoms with Crippen LogP contribution in [0, 0.1) is 0 Å². The molecule has 3 aromatic rings. The highest BCUT2D eigenvalue weighted by Crippen LogP contribution is 2.33. The lowest BCUT2D eigenvalue weighted by molar-refractivity contribution is -0.150. The fourth-order valence-electron chi connectivity index (χ4n) is 3.97. The lowest BCUT2D eigenvalue weighted by Crippen LogP contribution is -2.47.